The number of carbonyl (C=O) groups excluding carboxylic acids is 1. The molecule has 0 aliphatic heterocycles. The van der Waals surface area contributed by atoms with E-state index in [0.29, 0.717) is 10.8 Å². The fraction of sp³-hybridized carbons (Fsp3) is 0.267. The van der Waals surface area contributed by atoms with Crippen LogP contribution in [0.25, 0.3) is 0 Å². The maximum Gasteiger partial charge on any atom is 0.236 e. The van der Waals surface area contributed by atoms with Crippen LogP contribution in [0, 0.1) is 6.92 Å². The predicted octanol–water partition coefficient (Wildman–Crippen LogP) is 3.35. The van der Waals surface area contributed by atoms with Gasteiger partial charge >= 0.3 is 0 Å². The van der Waals surface area contributed by atoms with Crippen molar-refractivity contribution in [2.24, 2.45) is 0 Å². The van der Waals surface area contributed by atoms with E-state index in [-0.39, 0.29) is 11.9 Å². The fourth-order valence-electron chi connectivity index (χ4n) is 1.83. The normalized spacial score (nSPS) is 11.2. The molecule has 0 fully saturated rings. The van der Waals surface area contributed by atoms with Gasteiger partial charge in [0.15, 0.2) is 0 Å². The molecule has 0 saturated carbocycles. The SMILES string of the molecule is Cc1cc(Cl)nc(NC(=O)C(C)(C)c2ccccc2)n1. The van der Waals surface area contributed by atoms with Crippen LogP contribution in [-0.4, -0.2) is 15.9 Å². The highest BCUT2D eigenvalue weighted by Crippen LogP contribution is 2.24. The van der Waals surface area contributed by atoms with Gasteiger partial charge in [0.05, 0.1) is 5.41 Å². The highest BCUT2D eigenvalue weighted by Gasteiger charge is 2.30. The van der Waals surface area contributed by atoms with Gasteiger partial charge in [-0.15, -0.1) is 0 Å². The van der Waals surface area contributed by atoms with Crippen molar-refractivity contribution >= 4 is 23.5 Å². The van der Waals surface area contributed by atoms with Gasteiger partial charge in [-0.05, 0) is 32.4 Å². The fourth-order valence-corrected chi connectivity index (χ4v) is 2.07. The zero-order valence-corrected chi connectivity index (χ0v) is 12.4. The van der Waals surface area contributed by atoms with Crippen molar-refractivity contribution in [1.29, 1.82) is 0 Å². The van der Waals surface area contributed by atoms with Crippen LogP contribution in [0.2, 0.25) is 5.15 Å². The number of nitrogens with one attached hydrogen (secondary N) is 1. The number of aromatic nitrogens is 2. The van der Waals surface area contributed by atoms with Gasteiger partial charge in [0.1, 0.15) is 5.15 Å². The summed E-state index contributed by atoms with van der Waals surface area (Å²) in [6, 6.07) is 11.2. The molecule has 1 heterocycles. The molecule has 0 spiro atoms. The van der Waals surface area contributed by atoms with Crippen LogP contribution >= 0.6 is 11.6 Å². The zero-order valence-electron chi connectivity index (χ0n) is 11.6. The van der Waals surface area contributed by atoms with E-state index in [0.717, 1.165) is 5.56 Å². The minimum Gasteiger partial charge on any atom is -0.294 e. The van der Waals surface area contributed by atoms with Crippen LogP contribution in [0.5, 0.6) is 0 Å². The van der Waals surface area contributed by atoms with E-state index in [1.54, 1.807) is 13.0 Å². The molecule has 20 heavy (non-hydrogen) atoms. The molecule has 1 aromatic carbocycles. The largest absolute Gasteiger partial charge is 0.294 e. The van der Waals surface area contributed by atoms with Crippen LogP contribution in [-0.2, 0) is 10.2 Å². The summed E-state index contributed by atoms with van der Waals surface area (Å²) < 4.78 is 0. The van der Waals surface area contributed by atoms with Crippen LogP contribution in [0.4, 0.5) is 5.95 Å². The minimum atomic E-state index is -0.680. The van der Waals surface area contributed by atoms with Crippen molar-refractivity contribution in [2.45, 2.75) is 26.2 Å². The Morgan fingerprint density at radius 2 is 1.85 bits per heavy atom. The molecule has 1 amide bonds. The maximum atomic E-state index is 12.4. The van der Waals surface area contributed by atoms with Crippen molar-refractivity contribution in [3.8, 4) is 0 Å². The lowest BCUT2D eigenvalue weighted by atomic mass is 9.84. The lowest BCUT2D eigenvalue weighted by Gasteiger charge is -2.23. The Morgan fingerprint density at radius 1 is 1.20 bits per heavy atom. The van der Waals surface area contributed by atoms with Crippen molar-refractivity contribution in [1.82, 2.24) is 9.97 Å². The summed E-state index contributed by atoms with van der Waals surface area (Å²) in [6.07, 6.45) is 0. The Labute approximate surface area is 123 Å². The van der Waals surface area contributed by atoms with E-state index in [1.807, 2.05) is 44.2 Å². The summed E-state index contributed by atoms with van der Waals surface area (Å²) in [4.78, 5) is 20.6. The maximum absolute atomic E-state index is 12.4. The molecule has 0 atom stereocenters. The number of halogens is 1. The van der Waals surface area contributed by atoms with Gasteiger partial charge in [0, 0.05) is 5.69 Å². The third-order valence-electron chi connectivity index (χ3n) is 3.11. The number of hydrogen-bond donors (Lipinski definition) is 1. The summed E-state index contributed by atoms with van der Waals surface area (Å²) in [5.41, 5.74) is 0.954. The Morgan fingerprint density at radius 3 is 2.45 bits per heavy atom. The third-order valence-corrected chi connectivity index (χ3v) is 3.31. The molecule has 1 aromatic heterocycles. The highest BCUT2D eigenvalue weighted by molar-refractivity contribution is 6.29. The van der Waals surface area contributed by atoms with Crippen molar-refractivity contribution < 1.29 is 4.79 Å². The smallest absolute Gasteiger partial charge is 0.236 e. The molecule has 0 aliphatic carbocycles. The molecule has 0 saturated heterocycles. The first-order valence-electron chi connectivity index (χ1n) is 6.28. The second-order valence-corrected chi connectivity index (χ2v) is 5.49. The van der Waals surface area contributed by atoms with E-state index in [2.05, 4.69) is 15.3 Å². The first-order valence-corrected chi connectivity index (χ1v) is 6.65. The number of amides is 1. The number of carbonyl (C=O) groups is 1. The molecule has 0 unspecified atom stereocenters. The molecular formula is C15H16ClN3O. The zero-order chi connectivity index (χ0) is 14.8. The van der Waals surface area contributed by atoms with E-state index in [9.17, 15) is 4.79 Å². The van der Waals surface area contributed by atoms with E-state index >= 15 is 0 Å². The molecule has 1 N–H and O–H groups in total. The number of aryl methyl sites for hydroxylation is 1. The van der Waals surface area contributed by atoms with Gasteiger partial charge in [-0.2, -0.15) is 0 Å². The molecule has 0 bridgehead atoms. The summed E-state index contributed by atoms with van der Waals surface area (Å²) in [7, 11) is 0. The van der Waals surface area contributed by atoms with E-state index < -0.39 is 5.41 Å². The summed E-state index contributed by atoms with van der Waals surface area (Å²) in [6.45, 7) is 5.51. The van der Waals surface area contributed by atoms with Crippen molar-refractivity contribution in [3.63, 3.8) is 0 Å². The molecule has 2 rings (SSSR count). The average Bonchev–Trinajstić information content (AvgIpc) is 2.38. The number of hydrogen-bond acceptors (Lipinski definition) is 3. The second kappa shape index (κ2) is 5.59. The lowest BCUT2D eigenvalue weighted by molar-refractivity contribution is -0.120. The van der Waals surface area contributed by atoms with Gasteiger partial charge < -0.3 is 0 Å². The first-order chi connectivity index (χ1) is 9.39. The van der Waals surface area contributed by atoms with Gasteiger partial charge in [-0.25, -0.2) is 9.97 Å². The minimum absolute atomic E-state index is 0.176. The Balaban J connectivity index is 2.23. The first kappa shape index (κ1) is 14.5. The summed E-state index contributed by atoms with van der Waals surface area (Å²) >= 11 is 5.86. The molecule has 4 nitrogen and oxygen atoms in total. The number of nitrogens with zero attached hydrogens (tertiary/aromatic N) is 2. The van der Waals surface area contributed by atoms with Crippen LogP contribution in [0.3, 0.4) is 0 Å². The summed E-state index contributed by atoms with van der Waals surface area (Å²) in [5, 5.41) is 3.03. The van der Waals surface area contributed by atoms with Crippen LogP contribution in [0.15, 0.2) is 36.4 Å². The van der Waals surface area contributed by atoms with Crippen molar-refractivity contribution in [2.75, 3.05) is 5.32 Å². The lowest BCUT2D eigenvalue weighted by Crippen LogP contribution is -2.35. The third kappa shape index (κ3) is 3.14. The molecule has 0 radical (unpaired) electrons. The van der Waals surface area contributed by atoms with E-state index in [1.165, 1.54) is 0 Å². The van der Waals surface area contributed by atoms with Gasteiger partial charge in [0.25, 0.3) is 0 Å². The number of anilines is 1. The molecular weight excluding hydrogens is 274 g/mol. The number of rotatable bonds is 3. The van der Waals surface area contributed by atoms with Gasteiger partial charge in [-0.3, -0.25) is 10.1 Å². The molecule has 104 valence electrons. The topological polar surface area (TPSA) is 54.9 Å². The monoisotopic (exact) mass is 289 g/mol. The Kier molecular flexibility index (Phi) is 4.04. The second-order valence-electron chi connectivity index (χ2n) is 5.10. The quantitative estimate of drug-likeness (QED) is 0.882. The predicted molar refractivity (Wildman–Crippen MR) is 79.9 cm³/mol. The number of benzene rings is 1. The molecule has 2 aromatic rings. The standard InChI is InChI=1S/C15H16ClN3O/c1-10-9-12(16)18-14(17-10)19-13(20)15(2,3)11-7-5-4-6-8-11/h4-9H,1-3H3,(H,17,18,19,20). The Bertz CT molecular complexity index is 606. The highest BCUT2D eigenvalue weighted by atomic mass is 35.5. The van der Waals surface area contributed by atoms with Gasteiger partial charge in [-0.1, -0.05) is 41.9 Å². The Hall–Kier alpha value is -1.94. The van der Waals surface area contributed by atoms with Crippen LogP contribution < -0.4 is 5.32 Å². The van der Waals surface area contributed by atoms with E-state index in [4.69, 9.17) is 11.6 Å². The van der Waals surface area contributed by atoms with Crippen LogP contribution in [0.1, 0.15) is 25.1 Å². The average molecular weight is 290 g/mol. The molecule has 5 heteroatoms. The van der Waals surface area contributed by atoms with Gasteiger partial charge in [0.2, 0.25) is 11.9 Å². The van der Waals surface area contributed by atoms with Crippen molar-refractivity contribution in [3.05, 3.63) is 52.8 Å². The summed E-state index contributed by atoms with van der Waals surface area (Å²) in [5.74, 6) is 0.0503. The molecule has 0 aliphatic rings.